The van der Waals surface area contributed by atoms with Crippen LogP contribution in [0.4, 0.5) is 0 Å². The normalized spacial score (nSPS) is 8.92. The molecule has 0 spiro atoms. The van der Waals surface area contributed by atoms with Gasteiger partial charge < -0.3 is 0 Å². The number of terminal acetylenes is 1. The fourth-order valence-electron chi connectivity index (χ4n) is 0.765. The van der Waals surface area contributed by atoms with Crippen molar-refractivity contribution < 1.29 is 0 Å². The molecule has 0 aliphatic heterocycles. The summed E-state index contributed by atoms with van der Waals surface area (Å²) >= 11 is 6.41. The van der Waals surface area contributed by atoms with Crippen molar-refractivity contribution in [1.82, 2.24) is 0 Å². The molecule has 0 aliphatic carbocycles. The van der Waals surface area contributed by atoms with Crippen LogP contribution in [0.3, 0.4) is 0 Å². The Kier molecular flexibility index (Phi) is 3.86. The van der Waals surface area contributed by atoms with Crippen molar-refractivity contribution in [3.8, 4) is 12.3 Å². The molecular formula is C10H8S2. The van der Waals surface area contributed by atoms with Gasteiger partial charge in [0.05, 0.1) is 0 Å². The number of hydrogen-bond donors (Lipinski definition) is 0. The maximum absolute atomic E-state index is 5.12. The molecule has 1 aromatic carbocycles. The summed E-state index contributed by atoms with van der Waals surface area (Å²) in [6.07, 6.45) is 5.12. The summed E-state index contributed by atoms with van der Waals surface area (Å²) < 4.78 is 0.624. The Labute approximate surface area is 82.4 Å². The van der Waals surface area contributed by atoms with Gasteiger partial charge in [0.1, 0.15) is 4.20 Å². The Morgan fingerprint density at radius 1 is 1.42 bits per heavy atom. The van der Waals surface area contributed by atoms with E-state index in [9.17, 15) is 0 Å². The quantitative estimate of drug-likeness (QED) is 0.522. The first kappa shape index (κ1) is 9.31. The van der Waals surface area contributed by atoms with E-state index < -0.39 is 0 Å². The third-order valence-corrected chi connectivity index (χ3v) is 2.66. The van der Waals surface area contributed by atoms with E-state index in [1.807, 2.05) is 18.2 Å². The minimum absolute atomic E-state index is 0.624. The van der Waals surface area contributed by atoms with Crippen LogP contribution in [0.25, 0.3) is 0 Å². The van der Waals surface area contributed by atoms with Crippen molar-refractivity contribution in [1.29, 1.82) is 0 Å². The fourth-order valence-corrected chi connectivity index (χ4v) is 1.52. The van der Waals surface area contributed by atoms with Gasteiger partial charge in [0, 0.05) is 5.75 Å². The largest absolute Gasteiger partial charge is 0.121 e. The lowest BCUT2D eigenvalue weighted by Crippen LogP contribution is -1.84. The zero-order chi connectivity index (χ0) is 8.81. The summed E-state index contributed by atoms with van der Waals surface area (Å²) in [7, 11) is 0. The van der Waals surface area contributed by atoms with Crippen LogP contribution in [-0.2, 0) is 5.75 Å². The van der Waals surface area contributed by atoms with Gasteiger partial charge >= 0.3 is 0 Å². The average Bonchev–Trinajstić information content (AvgIpc) is 2.16. The van der Waals surface area contributed by atoms with Gasteiger partial charge in [-0.15, -0.1) is 18.2 Å². The van der Waals surface area contributed by atoms with Crippen molar-refractivity contribution in [2.75, 3.05) is 0 Å². The van der Waals surface area contributed by atoms with Crippen LogP contribution in [0.5, 0.6) is 0 Å². The Balaban J connectivity index is 2.45. The van der Waals surface area contributed by atoms with Crippen LogP contribution in [0.1, 0.15) is 5.56 Å². The lowest BCUT2D eigenvalue weighted by Gasteiger charge is -1.97. The Bertz CT molecular complexity index is 295. The Hall–Kier alpha value is -0.780. The van der Waals surface area contributed by atoms with Crippen LogP contribution in [0, 0.1) is 12.3 Å². The predicted molar refractivity (Wildman–Crippen MR) is 59.2 cm³/mol. The molecule has 0 heterocycles. The maximum Gasteiger partial charge on any atom is 0.121 e. The lowest BCUT2D eigenvalue weighted by atomic mass is 10.2. The summed E-state index contributed by atoms with van der Waals surface area (Å²) in [5.41, 5.74) is 1.25. The highest BCUT2D eigenvalue weighted by Gasteiger charge is 1.93. The van der Waals surface area contributed by atoms with Crippen molar-refractivity contribution >= 4 is 28.2 Å². The highest BCUT2D eigenvalue weighted by atomic mass is 32.2. The third kappa shape index (κ3) is 3.08. The van der Waals surface area contributed by atoms with Gasteiger partial charge in [-0.1, -0.05) is 48.5 Å². The van der Waals surface area contributed by atoms with E-state index in [-0.39, 0.29) is 0 Å². The molecule has 0 bridgehead atoms. The molecule has 2 heteroatoms. The number of benzene rings is 1. The third-order valence-electron chi connectivity index (χ3n) is 1.33. The second-order valence-corrected chi connectivity index (χ2v) is 3.86. The van der Waals surface area contributed by atoms with E-state index in [1.54, 1.807) is 0 Å². The second-order valence-electron chi connectivity index (χ2n) is 2.21. The van der Waals surface area contributed by atoms with E-state index in [1.165, 1.54) is 17.3 Å². The summed E-state index contributed by atoms with van der Waals surface area (Å²) in [6.45, 7) is 0. The molecule has 1 rings (SSSR count). The molecule has 0 aromatic heterocycles. The molecule has 0 amide bonds. The minimum Gasteiger partial charge on any atom is -0.113 e. The van der Waals surface area contributed by atoms with Crippen LogP contribution >= 0.6 is 24.0 Å². The fraction of sp³-hybridized carbons (Fsp3) is 0.100. The molecule has 0 nitrogen and oxygen atoms in total. The number of rotatable bonds is 2. The SMILES string of the molecule is C#CC(=S)SCc1ccccc1. The first-order valence-corrected chi connectivity index (χ1v) is 4.89. The summed E-state index contributed by atoms with van der Waals surface area (Å²) in [4.78, 5) is 0. The van der Waals surface area contributed by atoms with Crippen LogP contribution in [0.15, 0.2) is 30.3 Å². The Morgan fingerprint density at radius 3 is 2.67 bits per heavy atom. The molecule has 0 saturated carbocycles. The van der Waals surface area contributed by atoms with E-state index in [2.05, 4.69) is 18.1 Å². The van der Waals surface area contributed by atoms with Crippen LogP contribution < -0.4 is 0 Å². The molecule has 0 aliphatic rings. The molecule has 0 radical (unpaired) electrons. The molecule has 0 unspecified atom stereocenters. The predicted octanol–water partition coefficient (Wildman–Crippen LogP) is 2.88. The first-order valence-electron chi connectivity index (χ1n) is 3.50. The topological polar surface area (TPSA) is 0 Å². The van der Waals surface area contributed by atoms with Gasteiger partial charge in [0.2, 0.25) is 0 Å². The van der Waals surface area contributed by atoms with Gasteiger partial charge in [-0.05, 0) is 5.56 Å². The minimum atomic E-state index is 0.624. The highest BCUT2D eigenvalue weighted by Crippen LogP contribution is 2.12. The lowest BCUT2D eigenvalue weighted by molar-refractivity contribution is 1.43. The summed E-state index contributed by atoms with van der Waals surface area (Å²) in [5.74, 6) is 3.29. The smallest absolute Gasteiger partial charge is 0.113 e. The molecule has 1 aromatic rings. The van der Waals surface area contributed by atoms with Crippen LogP contribution in [0.2, 0.25) is 0 Å². The molecule has 0 atom stereocenters. The van der Waals surface area contributed by atoms with Gasteiger partial charge in [-0.25, -0.2) is 0 Å². The molecular weight excluding hydrogens is 184 g/mol. The van der Waals surface area contributed by atoms with Crippen molar-refractivity contribution in [2.24, 2.45) is 0 Å². The van der Waals surface area contributed by atoms with Crippen molar-refractivity contribution in [2.45, 2.75) is 5.75 Å². The van der Waals surface area contributed by atoms with Crippen molar-refractivity contribution in [3.63, 3.8) is 0 Å². The van der Waals surface area contributed by atoms with E-state index in [0.29, 0.717) is 4.20 Å². The number of thioether (sulfide) groups is 1. The summed E-state index contributed by atoms with van der Waals surface area (Å²) in [6, 6.07) is 10.1. The number of hydrogen-bond acceptors (Lipinski definition) is 2. The molecule has 0 N–H and O–H groups in total. The molecule has 12 heavy (non-hydrogen) atoms. The van der Waals surface area contributed by atoms with Crippen molar-refractivity contribution in [3.05, 3.63) is 35.9 Å². The van der Waals surface area contributed by atoms with Gasteiger partial charge in [0.25, 0.3) is 0 Å². The number of thiocarbonyl (C=S) groups is 1. The second kappa shape index (κ2) is 4.97. The Morgan fingerprint density at radius 2 is 2.08 bits per heavy atom. The maximum atomic E-state index is 5.12. The summed E-state index contributed by atoms with van der Waals surface area (Å²) in [5, 5.41) is 0. The monoisotopic (exact) mass is 192 g/mol. The molecule has 0 fully saturated rings. The van der Waals surface area contributed by atoms with E-state index >= 15 is 0 Å². The molecule has 0 saturated heterocycles. The van der Waals surface area contributed by atoms with Gasteiger partial charge in [0.15, 0.2) is 0 Å². The zero-order valence-corrected chi connectivity index (χ0v) is 8.12. The first-order chi connectivity index (χ1) is 5.83. The van der Waals surface area contributed by atoms with E-state index in [4.69, 9.17) is 18.6 Å². The zero-order valence-electron chi connectivity index (χ0n) is 6.49. The van der Waals surface area contributed by atoms with Crippen LogP contribution in [-0.4, -0.2) is 4.20 Å². The van der Waals surface area contributed by atoms with Gasteiger partial charge in [-0.2, -0.15) is 0 Å². The van der Waals surface area contributed by atoms with E-state index in [0.717, 1.165) is 5.75 Å². The van der Waals surface area contributed by atoms with Gasteiger partial charge in [-0.3, -0.25) is 0 Å². The average molecular weight is 192 g/mol. The highest BCUT2D eigenvalue weighted by molar-refractivity contribution is 8.23. The standard InChI is InChI=1S/C10H8S2/c1-2-10(11)12-8-9-6-4-3-5-7-9/h1,3-7H,8H2. The molecule has 60 valence electrons.